The van der Waals surface area contributed by atoms with Gasteiger partial charge in [0.2, 0.25) is 0 Å². The van der Waals surface area contributed by atoms with Gasteiger partial charge in [-0.25, -0.2) is 4.98 Å². The molecule has 0 saturated carbocycles. The van der Waals surface area contributed by atoms with Crippen LogP contribution < -0.4 is 0 Å². The Balaban J connectivity index is 2.49. The van der Waals surface area contributed by atoms with Crippen LogP contribution in [0.3, 0.4) is 0 Å². The van der Waals surface area contributed by atoms with Crippen molar-refractivity contribution in [1.82, 2.24) is 4.98 Å². The molecule has 0 fully saturated rings. The second kappa shape index (κ2) is 5.32. The smallest absolute Gasteiger partial charge is 0.152 e. The quantitative estimate of drug-likeness (QED) is 0.603. The molecule has 88 valence electrons. The monoisotopic (exact) mass is 245 g/mol. The van der Waals surface area contributed by atoms with Crippen molar-refractivity contribution in [2.45, 2.75) is 30.5 Å². The van der Waals surface area contributed by atoms with E-state index in [1.165, 1.54) is 0 Å². The summed E-state index contributed by atoms with van der Waals surface area (Å²) in [6, 6.07) is 9.80. The fraction of sp³-hybridized carbons (Fsp3) is 0.286. The maximum atomic E-state index is 11.1. The third kappa shape index (κ3) is 2.67. The predicted molar refractivity (Wildman–Crippen MR) is 72.7 cm³/mol. The van der Waals surface area contributed by atoms with E-state index in [4.69, 9.17) is 0 Å². The molecule has 1 atom stereocenters. The summed E-state index contributed by atoms with van der Waals surface area (Å²) >= 11 is 1.67. The van der Waals surface area contributed by atoms with Crippen LogP contribution in [-0.2, 0) is 0 Å². The minimum atomic E-state index is 0.474. The van der Waals surface area contributed by atoms with Crippen molar-refractivity contribution in [3.8, 4) is 0 Å². The number of benzene rings is 1. The highest BCUT2D eigenvalue weighted by Crippen LogP contribution is 2.28. The number of hydrogen-bond acceptors (Lipinski definition) is 3. The minimum Gasteiger partial charge on any atom is -0.298 e. The first-order valence-electron chi connectivity index (χ1n) is 5.76. The molecule has 0 aliphatic heterocycles. The Bertz CT molecular complexity index is 539. The SMILES string of the molecule is CCC(C)Sc1nc2ccccc2cc1C=O. The fourth-order valence-electron chi connectivity index (χ4n) is 1.57. The van der Waals surface area contributed by atoms with Gasteiger partial charge in [0.25, 0.3) is 0 Å². The van der Waals surface area contributed by atoms with Crippen molar-refractivity contribution in [2.24, 2.45) is 0 Å². The number of carbonyl (C=O) groups is 1. The molecular weight excluding hydrogens is 230 g/mol. The van der Waals surface area contributed by atoms with E-state index in [1.807, 2.05) is 30.3 Å². The second-order valence-corrected chi connectivity index (χ2v) is 5.46. The highest BCUT2D eigenvalue weighted by atomic mass is 32.2. The molecule has 0 bridgehead atoms. The van der Waals surface area contributed by atoms with Gasteiger partial charge in [0.1, 0.15) is 5.03 Å². The number of fused-ring (bicyclic) bond motifs is 1. The molecule has 0 N–H and O–H groups in total. The number of pyridine rings is 1. The molecule has 0 saturated heterocycles. The molecule has 3 heteroatoms. The largest absolute Gasteiger partial charge is 0.298 e. The van der Waals surface area contributed by atoms with Gasteiger partial charge in [0.05, 0.1) is 5.52 Å². The molecule has 17 heavy (non-hydrogen) atoms. The Kier molecular flexibility index (Phi) is 3.79. The Morgan fingerprint density at radius 1 is 1.41 bits per heavy atom. The Hall–Kier alpha value is -1.35. The lowest BCUT2D eigenvalue weighted by atomic mass is 10.2. The molecule has 1 aromatic carbocycles. The normalized spacial score (nSPS) is 12.6. The van der Waals surface area contributed by atoms with Gasteiger partial charge in [-0.05, 0) is 18.6 Å². The molecule has 0 spiro atoms. The highest BCUT2D eigenvalue weighted by Gasteiger charge is 2.10. The van der Waals surface area contributed by atoms with Crippen molar-refractivity contribution < 1.29 is 4.79 Å². The third-order valence-corrected chi connectivity index (χ3v) is 4.02. The molecule has 0 radical (unpaired) electrons. The summed E-state index contributed by atoms with van der Waals surface area (Å²) in [4.78, 5) is 15.7. The van der Waals surface area contributed by atoms with E-state index in [0.717, 1.165) is 28.6 Å². The van der Waals surface area contributed by atoms with Crippen molar-refractivity contribution in [3.63, 3.8) is 0 Å². The molecule has 2 nitrogen and oxygen atoms in total. The van der Waals surface area contributed by atoms with Gasteiger partial charge >= 0.3 is 0 Å². The minimum absolute atomic E-state index is 0.474. The number of thioether (sulfide) groups is 1. The topological polar surface area (TPSA) is 30.0 Å². The van der Waals surface area contributed by atoms with Gasteiger partial charge in [0.15, 0.2) is 6.29 Å². The van der Waals surface area contributed by atoms with E-state index >= 15 is 0 Å². The number of para-hydroxylation sites is 1. The van der Waals surface area contributed by atoms with Crippen molar-refractivity contribution in [2.75, 3.05) is 0 Å². The number of aromatic nitrogens is 1. The van der Waals surface area contributed by atoms with Crippen LogP contribution in [0.1, 0.15) is 30.6 Å². The first-order chi connectivity index (χ1) is 8.24. The van der Waals surface area contributed by atoms with E-state index in [9.17, 15) is 4.79 Å². The maximum absolute atomic E-state index is 11.1. The van der Waals surface area contributed by atoms with Crippen LogP contribution >= 0.6 is 11.8 Å². The summed E-state index contributed by atoms with van der Waals surface area (Å²) in [6.45, 7) is 4.29. The Morgan fingerprint density at radius 2 is 2.18 bits per heavy atom. The maximum Gasteiger partial charge on any atom is 0.152 e. The molecule has 1 heterocycles. The van der Waals surface area contributed by atoms with Gasteiger partial charge in [-0.15, -0.1) is 11.8 Å². The van der Waals surface area contributed by atoms with Gasteiger partial charge in [0, 0.05) is 16.2 Å². The summed E-state index contributed by atoms with van der Waals surface area (Å²) in [5.41, 5.74) is 1.64. The summed E-state index contributed by atoms with van der Waals surface area (Å²) in [7, 11) is 0. The van der Waals surface area contributed by atoms with E-state index in [1.54, 1.807) is 11.8 Å². The molecule has 0 amide bonds. The van der Waals surface area contributed by atoms with Crippen LogP contribution in [0, 0.1) is 0 Å². The number of aldehydes is 1. The molecule has 0 aliphatic rings. The van der Waals surface area contributed by atoms with Gasteiger partial charge in [-0.3, -0.25) is 4.79 Å². The number of carbonyl (C=O) groups excluding carboxylic acids is 1. The van der Waals surface area contributed by atoms with Crippen molar-refractivity contribution >= 4 is 29.0 Å². The summed E-state index contributed by atoms with van der Waals surface area (Å²) in [5, 5.41) is 2.33. The average molecular weight is 245 g/mol. The lowest BCUT2D eigenvalue weighted by Crippen LogP contribution is -1.97. The van der Waals surface area contributed by atoms with Crippen LogP contribution in [0.5, 0.6) is 0 Å². The number of hydrogen-bond donors (Lipinski definition) is 0. The van der Waals surface area contributed by atoms with E-state index in [-0.39, 0.29) is 0 Å². The third-order valence-electron chi connectivity index (χ3n) is 2.73. The standard InChI is InChI=1S/C14H15NOS/c1-3-10(2)17-14-12(9-16)8-11-6-4-5-7-13(11)15-14/h4-10H,3H2,1-2H3. The summed E-state index contributed by atoms with van der Waals surface area (Å²) < 4.78 is 0. The van der Waals surface area contributed by atoms with Gasteiger partial charge < -0.3 is 0 Å². The van der Waals surface area contributed by atoms with E-state index < -0.39 is 0 Å². The zero-order valence-corrected chi connectivity index (χ0v) is 10.8. The highest BCUT2D eigenvalue weighted by molar-refractivity contribution is 7.99. The second-order valence-electron chi connectivity index (χ2n) is 4.03. The van der Waals surface area contributed by atoms with Crippen LogP contribution in [0.25, 0.3) is 10.9 Å². The molecule has 2 aromatic rings. The molecular formula is C14H15NOS. The lowest BCUT2D eigenvalue weighted by molar-refractivity contribution is 0.112. The summed E-state index contributed by atoms with van der Waals surface area (Å²) in [6.07, 6.45) is 1.96. The van der Waals surface area contributed by atoms with Crippen molar-refractivity contribution in [1.29, 1.82) is 0 Å². The Labute approximate surface area is 105 Å². The number of rotatable bonds is 4. The van der Waals surface area contributed by atoms with E-state index in [0.29, 0.717) is 10.8 Å². The van der Waals surface area contributed by atoms with Gasteiger partial charge in [-0.1, -0.05) is 32.0 Å². The first kappa shape index (κ1) is 12.1. The van der Waals surface area contributed by atoms with Crippen LogP contribution in [-0.4, -0.2) is 16.5 Å². The fourth-order valence-corrected chi connectivity index (χ4v) is 2.51. The zero-order chi connectivity index (χ0) is 12.3. The molecule has 0 aliphatic carbocycles. The predicted octanol–water partition coefficient (Wildman–Crippen LogP) is 3.94. The molecule has 1 aromatic heterocycles. The van der Waals surface area contributed by atoms with Crippen LogP contribution in [0.4, 0.5) is 0 Å². The number of nitrogens with zero attached hydrogens (tertiary/aromatic N) is 1. The Morgan fingerprint density at radius 3 is 2.88 bits per heavy atom. The molecule has 1 unspecified atom stereocenters. The summed E-state index contributed by atoms with van der Waals surface area (Å²) in [5.74, 6) is 0. The zero-order valence-electron chi connectivity index (χ0n) is 10.0. The van der Waals surface area contributed by atoms with Crippen LogP contribution in [0.2, 0.25) is 0 Å². The average Bonchev–Trinajstić information content (AvgIpc) is 2.37. The lowest BCUT2D eigenvalue weighted by Gasteiger charge is -2.10. The van der Waals surface area contributed by atoms with Gasteiger partial charge in [-0.2, -0.15) is 0 Å². The molecule has 2 rings (SSSR count). The van der Waals surface area contributed by atoms with Crippen LogP contribution in [0.15, 0.2) is 35.4 Å². The van der Waals surface area contributed by atoms with E-state index in [2.05, 4.69) is 18.8 Å². The van der Waals surface area contributed by atoms with Crippen molar-refractivity contribution in [3.05, 3.63) is 35.9 Å². The first-order valence-corrected chi connectivity index (χ1v) is 6.64.